The smallest absolute Gasteiger partial charge is 0.239 e. The van der Waals surface area contributed by atoms with Crippen molar-refractivity contribution >= 4 is 18.3 Å². The maximum absolute atomic E-state index is 11.8. The van der Waals surface area contributed by atoms with E-state index in [1.54, 1.807) is 6.92 Å². The van der Waals surface area contributed by atoms with E-state index in [1.165, 1.54) is 5.56 Å². The first kappa shape index (κ1) is 17.8. The topological polar surface area (TPSA) is 55.6 Å². The third-order valence-electron chi connectivity index (χ3n) is 3.78. The van der Waals surface area contributed by atoms with Gasteiger partial charge in [-0.05, 0) is 38.0 Å². The molecule has 0 aliphatic carbocycles. The van der Waals surface area contributed by atoms with Crippen molar-refractivity contribution in [2.24, 2.45) is 5.73 Å². The quantitative estimate of drug-likeness (QED) is 0.932. The molecule has 1 aromatic carbocycles. The number of halogens is 1. The van der Waals surface area contributed by atoms with Crippen LogP contribution < -0.4 is 10.5 Å². The van der Waals surface area contributed by atoms with E-state index in [9.17, 15) is 4.79 Å². The third kappa shape index (κ3) is 4.61. The summed E-state index contributed by atoms with van der Waals surface area (Å²) in [4.78, 5) is 13.7. The molecular formula is C16H25ClN2O2. The van der Waals surface area contributed by atoms with Gasteiger partial charge in [0.05, 0.1) is 6.04 Å². The lowest BCUT2D eigenvalue weighted by Gasteiger charge is -2.33. The minimum atomic E-state index is -0.411. The van der Waals surface area contributed by atoms with Gasteiger partial charge < -0.3 is 15.4 Å². The number of aryl methyl sites for hydroxylation is 2. The SMILES string of the molecule is Cc1ccc(C)c(OC2CCN(C(=O)[C@@H](C)N)CC2)c1.Cl. The molecule has 1 aromatic rings. The number of piperidine rings is 1. The van der Waals surface area contributed by atoms with Crippen LogP contribution in [0.5, 0.6) is 5.75 Å². The molecule has 5 heteroatoms. The number of carbonyl (C=O) groups excluding carboxylic acids is 1. The van der Waals surface area contributed by atoms with Crippen molar-refractivity contribution in [3.05, 3.63) is 29.3 Å². The zero-order valence-corrected chi connectivity index (χ0v) is 13.8. The maximum atomic E-state index is 11.8. The molecule has 0 spiro atoms. The van der Waals surface area contributed by atoms with Crippen molar-refractivity contribution < 1.29 is 9.53 Å². The average Bonchev–Trinajstić information content (AvgIpc) is 2.43. The molecule has 2 rings (SSSR count). The van der Waals surface area contributed by atoms with Gasteiger partial charge in [-0.25, -0.2) is 0 Å². The summed E-state index contributed by atoms with van der Waals surface area (Å²) in [7, 11) is 0. The Morgan fingerprint density at radius 3 is 2.52 bits per heavy atom. The summed E-state index contributed by atoms with van der Waals surface area (Å²) >= 11 is 0. The van der Waals surface area contributed by atoms with Gasteiger partial charge in [0.25, 0.3) is 0 Å². The largest absolute Gasteiger partial charge is 0.490 e. The van der Waals surface area contributed by atoms with Crippen LogP contribution in [0.15, 0.2) is 18.2 Å². The predicted octanol–water partition coefficient (Wildman–Crippen LogP) is 2.44. The molecule has 1 fully saturated rings. The van der Waals surface area contributed by atoms with Gasteiger partial charge in [-0.1, -0.05) is 12.1 Å². The summed E-state index contributed by atoms with van der Waals surface area (Å²) in [5.74, 6) is 0.997. The molecule has 0 bridgehead atoms. The van der Waals surface area contributed by atoms with Gasteiger partial charge in [-0.15, -0.1) is 12.4 Å². The fourth-order valence-electron chi connectivity index (χ4n) is 2.50. The number of nitrogens with zero attached hydrogens (tertiary/aromatic N) is 1. The fraction of sp³-hybridized carbons (Fsp3) is 0.562. The molecule has 118 valence electrons. The van der Waals surface area contributed by atoms with Gasteiger partial charge in [0, 0.05) is 25.9 Å². The first-order chi connectivity index (χ1) is 9.47. The summed E-state index contributed by atoms with van der Waals surface area (Å²) < 4.78 is 6.09. The maximum Gasteiger partial charge on any atom is 0.239 e. The standard InChI is InChI=1S/C16H24N2O2.ClH/c1-11-4-5-12(2)15(10-11)20-14-6-8-18(9-7-14)16(19)13(3)17;/h4-5,10,13-14H,6-9,17H2,1-3H3;1H/t13-;/m1./s1. The number of hydrogen-bond acceptors (Lipinski definition) is 3. The number of likely N-dealkylation sites (tertiary alicyclic amines) is 1. The lowest BCUT2D eigenvalue weighted by atomic mass is 10.1. The van der Waals surface area contributed by atoms with E-state index in [4.69, 9.17) is 10.5 Å². The van der Waals surface area contributed by atoms with Crippen LogP contribution in [0.1, 0.15) is 30.9 Å². The number of ether oxygens (including phenoxy) is 1. The first-order valence-electron chi connectivity index (χ1n) is 7.25. The van der Waals surface area contributed by atoms with Gasteiger partial charge in [0.15, 0.2) is 0 Å². The Labute approximate surface area is 133 Å². The third-order valence-corrected chi connectivity index (χ3v) is 3.78. The van der Waals surface area contributed by atoms with E-state index in [1.807, 2.05) is 4.90 Å². The van der Waals surface area contributed by atoms with E-state index in [0.717, 1.165) is 37.2 Å². The molecule has 1 amide bonds. The predicted molar refractivity (Wildman–Crippen MR) is 87.0 cm³/mol. The zero-order valence-electron chi connectivity index (χ0n) is 13.0. The Morgan fingerprint density at radius 2 is 1.95 bits per heavy atom. The van der Waals surface area contributed by atoms with Crippen LogP contribution in [0, 0.1) is 13.8 Å². The molecule has 0 saturated carbocycles. The second-order valence-corrected chi connectivity index (χ2v) is 5.70. The van der Waals surface area contributed by atoms with Crippen LogP contribution in [0.2, 0.25) is 0 Å². The number of carbonyl (C=O) groups is 1. The Kier molecular flexibility index (Phi) is 6.49. The number of rotatable bonds is 3. The van der Waals surface area contributed by atoms with Gasteiger partial charge >= 0.3 is 0 Å². The first-order valence-corrected chi connectivity index (χ1v) is 7.25. The van der Waals surface area contributed by atoms with E-state index >= 15 is 0 Å². The lowest BCUT2D eigenvalue weighted by Crippen LogP contribution is -2.47. The minimum absolute atomic E-state index is 0. The van der Waals surface area contributed by atoms with Gasteiger partial charge in [0.1, 0.15) is 11.9 Å². The fourth-order valence-corrected chi connectivity index (χ4v) is 2.50. The van der Waals surface area contributed by atoms with Crippen molar-refractivity contribution in [2.75, 3.05) is 13.1 Å². The average molecular weight is 313 g/mol. The molecule has 0 aromatic heterocycles. The van der Waals surface area contributed by atoms with Gasteiger partial charge in [-0.2, -0.15) is 0 Å². The Balaban J connectivity index is 0.00000220. The highest BCUT2D eigenvalue weighted by molar-refractivity contribution is 5.85. The van der Waals surface area contributed by atoms with E-state index < -0.39 is 6.04 Å². The second kappa shape index (κ2) is 7.66. The molecule has 1 aliphatic heterocycles. The Hall–Kier alpha value is -1.26. The van der Waals surface area contributed by atoms with Gasteiger partial charge in [0.2, 0.25) is 5.91 Å². The van der Waals surface area contributed by atoms with Crippen molar-refractivity contribution in [3.63, 3.8) is 0 Å². The van der Waals surface area contributed by atoms with E-state index in [0.29, 0.717) is 0 Å². The molecule has 0 unspecified atom stereocenters. The van der Waals surface area contributed by atoms with Crippen molar-refractivity contribution in [2.45, 2.75) is 45.8 Å². The molecular weight excluding hydrogens is 288 g/mol. The van der Waals surface area contributed by atoms with Crippen molar-refractivity contribution in [3.8, 4) is 5.75 Å². The second-order valence-electron chi connectivity index (χ2n) is 5.70. The summed E-state index contributed by atoms with van der Waals surface area (Å²) in [5, 5.41) is 0. The zero-order chi connectivity index (χ0) is 14.7. The summed E-state index contributed by atoms with van der Waals surface area (Å²) in [6, 6.07) is 5.84. The molecule has 4 nitrogen and oxygen atoms in total. The van der Waals surface area contributed by atoms with Crippen LogP contribution in [0.25, 0.3) is 0 Å². The monoisotopic (exact) mass is 312 g/mol. The van der Waals surface area contributed by atoms with Crippen LogP contribution in [0.4, 0.5) is 0 Å². The molecule has 1 saturated heterocycles. The molecule has 1 heterocycles. The molecule has 21 heavy (non-hydrogen) atoms. The number of amides is 1. The number of hydrogen-bond donors (Lipinski definition) is 1. The van der Waals surface area contributed by atoms with Crippen LogP contribution in [-0.4, -0.2) is 36.0 Å². The van der Waals surface area contributed by atoms with E-state index in [-0.39, 0.29) is 24.4 Å². The lowest BCUT2D eigenvalue weighted by molar-refractivity contribution is -0.133. The Morgan fingerprint density at radius 1 is 1.33 bits per heavy atom. The van der Waals surface area contributed by atoms with Crippen molar-refractivity contribution in [1.82, 2.24) is 4.90 Å². The Bertz CT molecular complexity index is 483. The highest BCUT2D eigenvalue weighted by Crippen LogP contribution is 2.24. The minimum Gasteiger partial charge on any atom is -0.490 e. The highest BCUT2D eigenvalue weighted by Gasteiger charge is 2.25. The number of nitrogens with two attached hydrogens (primary N) is 1. The van der Waals surface area contributed by atoms with Crippen LogP contribution >= 0.6 is 12.4 Å². The summed E-state index contributed by atoms with van der Waals surface area (Å²) in [6.07, 6.45) is 1.92. The van der Waals surface area contributed by atoms with Crippen molar-refractivity contribution in [1.29, 1.82) is 0 Å². The summed E-state index contributed by atoms with van der Waals surface area (Å²) in [5.41, 5.74) is 8.00. The number of benzene rings is 1. The summed E-state index contributed by atoms with van der Waals surface area (Å²) in [6.45, 7) is 7.33. The molecule has 2 N–H and O–H groups in total. The van der Waals surface area contributed by atoms with Crippen LogP contribution in [-0.2, 0) is 4.79 Å². The molecule has 0 radical (unpaired) electrons. The van der Waals surface area contributed by atoms with E-state index in [2.05, 4.69) is 32.0 Å². The molecule has 1 atom stereocenters. The van der Waals surface area contributed by atoms with Gasteiger partial charge in [-0.3, -0.25) is 4.79 Å². The highest BCUT2D eigenvalue weighted by atomic mass is 35.5. The molecule has 1 aliphatic rings. The van der Waals surface area contributed by atoms with Crippen LogP contribution in [0.3, 0.4) is 0 Å². The normalized spacial score (nSPS) is 17.0.